The van der Waals surface area contributed by atoms with Gasteiger partial charge >= 0.3 is 0 Å². The van der Waals surface area contributed by atoms with Crippen molar-refractivity contribution in [1.29, 1.82) is 0 Å². The molecule has 0 amide bonds. The van der Waals surface area contributed by atoms with Crippen LogP contribution in [0.4, 0.5) is 0 Å². The predicted molar refractivity (Wildman–Crippen MR) is 80.7 cm³/mol. The Balaban J connectivity index is 1.77. The van der Waals surface area contributed by atoms with Crippen LogP contribution in [0.5, 0.6) is 0 Å². The molecule has 0 bridgehead atoms. The van der Waals surface area contributed by atoms with Crippen LogP contribution in [-0.2, 0) is 11.3 Å². The number of ether oxygens (including phenoxy) is 1. The SMILES string of the molecule is CCCCOCCNCc1[nH]c2ccccc2c1Cl. The van der Waals surface area contributed by atoms with Crippen molar-refractivity contribution in [3.8, 4) is 0 Å². The molecule has 0 spiro atoms. The first-order chi connectivity index (χ1) is 9.33. The van der Waals surface area contributed by atoms with Crippen molar-refractivity contribution in [1.82, 2.24) is 10.3 Å². The number of hydrogen-bond donors (Lipinski definition) is 2. The van der Waals surface area contributed by atoms with E-state index in [-0.39, 0.29) is 0 Å². The fourth-order valence-electron chi connectivity index (χ4n) is 1.99. The zero-order chi connectivity index (χ0) is 13.5. The van der Waals surface area contributed by atoms with E-state index in [9.17, 15) is 0 Å². The lowest BCUT2D eigenvalue weighted by Gasteiger charge is -2.05. The number of halogens is 1. The molecule has 0 unspecified atom stereocenters. The summed E-state index contributed by atoms with van der Waals surface area (Å²) in [5, 5.41) is 5.24. The molecule has 4 heteroatoms. The molecule has 0 radical (unpaired) electrons. The first-order valence-corrected chi connectivity index (χ1v) is 7.24. The van der Waals surface area contributed by atoms with Crippen LogP contribution in [0.2, 0.25) is 5.02 Å². The van der Waals surface area contributed by atoms with Crippen molar-refractivity contribution >= 4 is 22.5 Å². The van der Waals surface area contributed by atoms with Gasteiger partial charge < -0.3 is 15.0 Å². The minimum atomic E-state index is 0.741. The number of hydrogen-bond acceptors (Lipinski definition) is 2. The van der Waals surface area contributed by atoms with Crippen LogP contribution >= 0.6 is 11.6 Å². The highest BCUT2D eigenvalue weighted by Crippen LogP contribution is 2.26. The zero-order valence-corrected chi connectivity index (χ0v) is 12.1. The summed E-state index contributed by atoms with van der Waals surface area (Å²) in [6.45, 7) is 5.35. The van der Waals surface area contributed by atoms with Gasteiger partial charge in [0.05, 0.1) is 11.6 Å². The standard InChI is InChI=1S/C15H21ClN2O/c1-2-3-9-19-10-8-17-11-14-15(16)12-6-4-5-7-13(12)18-14/h4-7,17-18H,2-3,8-11H2,1H3. The maximum absolute atomic E-state index is 6.34. The number of aromatic amines is 1. The maximum Gasteiger partial charge on any atom is 0.0705 e. The molecular formula is C15H21ClN2O. The third kappa shape index (κ3) is 3.96. The van der Waals surface area contributed by atoms with Gasteiger partial charge in [0.2, 0.25) is 0 Å². The van der Waals surface area contributed by atoms with Gasteiger partial charge in [0, 0.05) is 36.3 Å². The summed E-state index contributed by atoms with van der Waals surface area (Å²) in [7, 11) is 0. The van der Waals surface area contributed by atoms with Gasteiger partial charge in [0.15, 0.2) is 0 Å². The van der Waals surface area contributed by atoms with E-state index in [4.69, 9.17) is 16.3 Å². The van der Waals surface area contributed by atoms with E-state index in [1.807, 2.05) is 24.3 Å². The molecule has 0 aliphatic heterocycles. The third-order valence-corrected chi connectivity index (χ3v) is 3.51. The molecule has 0 aliphatic rings. The molecule has 19 heavy (non-hydrogen) atoms. The first-order valence-electron chi connectivity index (χ1n) is 6.86. The number of nitrogens with one attached hydrogen (secondary N) is 2. The molecule has 0 fully saturated rings. The molecule has 0 atom stereocenters. The molecular weight excluding hydrogens is 260 g/mol. The van der Waals surface area contributed by atoms with Crippen LogP contribution in [0, 0.1) is 0 Å². The van der Waals surface area contributed by atoms with Crippen LogP contribution < -0.4 is 5.32 Å². The predicted octanol–water partition coefficient (Wildman–Crippen LogP) is 3.73. The summed E-state index contributed by atoms with van der Waals surface area (Å²) in [4.78, 5) is 3.34. The Bertz CT molecular complexity index is 510. The van der Waals surface area contributed by atoms with Gasteiger partial charge in [-0.1, -0.05) is 43.1 Å². The Hall–Kier alpha value is -1.03. The molecule has 0 aliphatic carbocycles. The van der Waals surface area contributed by atoms with E-state index in [1.165, 1.54) is 6.42 Å². The highest BCUT2D eigenvalue weighted by molar-refractivity contribution is 6.36. The van der Waals surface area contributed by atoms with Gasteiger partial charge in [0.25, 0.3) is 0 Å². The Kier molecular flexibility index (Phi) is 5.70. The van der Waals surface area contributed by atoms with Gasteiger partial charge in [-0.05, 0) is 12.5 Å². The summed E-state index contributed by atoms with van der Waals surface area (Å²) in [5.41, 5.74) is 2.12. The smallest absolute Gasteiger partial charge is 0.0705 e. The molecule has 2 rings (SSSR count). The number of aromatic nitrogens is 1. The molecule has 104 valence electrons. The minimum absolute atomic E-state index is 0.741. The molecule has 2 aromatic rings. The number of H-pyrrole nitrogens is 1. The Morgan fingerprint density at radius 2 is 2.11 bits per heavy atom. The van der Waals surface area contributed by atoms with Crippen molar-refractivity contribution in [2.24, 2.45) is 0 Å². The monoisotopic (exact) mass is 280 g/mol. The van der Waals surface area contributed by atoms with Gasteiger partial charge in [-0.15, -0.1) is 0 Å². The van der Waals surface area contributed by atoms with Gasteiger partial charge in [-0.3, -0.25) is 0 Å². The average Bonchev–Trinajstić information content (AvgIpc) is 2.75. The Morgan fingerprint density at radius 3 is 2.89 bits per heavy atom. The maximum atomic E-state index is 6.34. The van der Waals surface area contributed by atoms with E-state index >= 15 is 0 Å². The fourth-order valence-corrected chi connectivity index (χ4v) is 2.27. The topological polar surface area (TPSA) is 37.0 Å². The lowest BCUT2D eigenvalue weighted by molar-refractivity contribution is 0.133. The van der Waals surface area contributed by atoms with E-state index in [0.717, 1.165) is 54.3 Å². The normalized spacial score (nSPS) is 11.3. The largest absolute Gasteiger partial charge is 0.380 e. The lowest BCUT2D eigenvalue weighted by atomic mass is 10.2. The number of para-hydroxylation sites is 1. The minimum Gasteiger partial charge on any atom is -0.380 e. The van der Waals surface area contributed by atoms with Gasteiger partial charge in [-0.2, -0.15) is 0 Å². The van der Waals surface area contributed by atoms with Crippen molar-refractivity contribution < 1.29 is 4.74 Å². The first kappa shape index (κ1) is 14.4. The molecule has 1 aromatic carbocycles. The van der Waals surface area contributed by atoms with Crippen molar-refractivity contribution in [3.63, 3.8) is 0 Å². The number of unbranched alkanes of at least 4 members (excludes halogenated alkanes) is 1. The Morgan fingerprint density at radius 1 is 1.26 bits per heavy atom. The Labute approximate surface area is 119 Å². The van der Waals surface area contributed by atoms with Gasteiger partial charge in [-0.25, -0.2) is 0 Å². The molecule has 1 heterocycles. The summed E-state index contributed by atoms with van der Waals surface area (Å²) in [6, 6.07) is 8.08. The quantitative estimate of drug-likeness (QED) is 0.723. The second kappa shape index (κ2) is 7.53. The van der Waals surface area contributed by atoms with E-state index < -0.39 is 0 Å². The van der Waals surface area contributed by atoms with Gasteiger partial charge in [0.1, 0.15) is 0 Å². The number of benzene rings is 1. The molecule has 0 saturated heterocycles. The van der Waals surface area contributed by atoms with E-state index in [2.05, 4.69) is 17.2 Å². The highest BCUT2D eigenvalue weighted by Gasteiger charge is 2.07. The van der Waals surface area contributed by atoms with Crippen molar-refractivity contribution in [2.45, 2.75) is 26.3 Å². The third-order valence-electron chi connectivity index (χ3n) is 3.08. The molecule has 1 aromatic heterocycles. The second-order valence-corrected chi connectivity index (χ2v) is 4.98. The lowest BCUT2D eigenvalue weighted by Crippen LogP contribution is -2.19. The molecule has 0 saturated carbocycles. The summed E-state index contributed by atoms with van der Waals surface area (Å²) in [6.07, 6.45) is 2.31. The van der Waals surface area contributed by atoms with E-state index in [1.54, 1.807) is 0 Å². The van der Waals surface area contributed by atoms with Crippen LogP contribution in [0.15, 0.2) is 24.3 Å². The molecule has 2 N–H and O–H groups in total. The van der Waals surface area contributed by atoms with Crippen LogP contribution in [0.1, 0.15) is 25.5 Å². The number of fused-ring (bicyclic) bond motifs is 1. The zero-order valence-electron chi connectivity index (χ0n) is 11.3. The molecule has 3 nitrogen and oxygen atoms in total. The van der Waals surface area contributed by atoms with Crippen LogP contribution in [0.3, 0.4) is 0 Å². The fraction of sp³-hybridized carbons (Fsp3) is 0.467. The van der Waals surface area contributed by atoms with Crippen molar-refractivity contribution in [3.05, 3.63) is 35.0 Å². The highest BCUT2D eigenvalue weighted by atomic mass is 35.5. The summed E-state index contributed by atoms with van der Waals surface area (Å²) in [5.74, 6) is 0. The van der Waals surface area contributed by atoms with Crippen molar-refractivity contribution in [2.75, 3.05) is 19.8 Å². The average molecular weight is 281 g/mol. The summed E-state index contributed by atoms with van der Waals surface area (Å²) >= 11 is 6.34. The summed E-state index contributed by atoms with van der Waals surface area (Å²) < 4.78 is 5.50. The van der Waals surface area contributed by atoms with Crippen LogP contribution in [-0.4, -0.2) is 24.7 Å². The van der Waals surface area contributed by atoms with E-state index in [0.29, 0.717) is 0 Å². The second-order valence-electron chi connectivity index (χ2n) is 4.61. The number of rotatable bonds is 8. The van der Waals surface area contributed by atoms with Crippen LogP contribution in [0.25, 0.3) is 10.9 Å².